The van der Waals surface area contributed by atoms with Gasteiger partial charge in [0, 0.05) is 12.5 Å². The third-order valence-corrected chi connectivity index (χ3v) is 3.71. The molecule has 0 aliphatic carbocycles. The van der Waals surface area contributed by atoms with E-state index in [0.717, 1.165) is 11.3 Å². The van der Waals surface area contributed by atoms with Crippen LogP contribution in [0.4, 0.5) is 0 Å². The molecule has 0 atom stereocenters. The number of carbonyl (C=O) groups is 1. The number of nitrogens with zero attached hydrogens (tertiary/aromatic N) is 1. The smallest absolute Gasteiger partial charge is 0.234 e. The Balaban J connectivity index is 0.00000144. The summed E-state index contributed by atoms with van der Waals surface area (Å²) in [5.74, 6) is 0.175. The Morgan fingerprint density at radius 2 is 1.94 bits per heavy atom. The second-order valence-electron chi connectivity index (χ2n) is 3.77. The van der Waals surface area contributed by atoms with Crippen LogP contribution in [0.3, 0.4) is 0 Å². The van der Waals surface area contributed by atoms with Crippen LogP contribution in [0, 0.1) is 6.92 Å². The zero-order valence-electron chi connectivity index (χ0n) is 9.81. The van der Waals surface area contributed by atoms with Crippen molar-refractivity contribution in [1.82, 2.24) is 0 Å². The highest BCUT2D eigenvalue weighted by molar-refractivity contribution is 7.09. The van der Waals surface area contributed by atoms with Gasteiger partial charge >= 0.3 is 0 Å². The summed E-state index contributed by atoms with van der Waals surface area (Å²) in [4.78, 5) is 12.0. The van der Waals surface area contributed by atoms with Crippen LogP contribution >= 0.6 is 11.3 Å². The van der Waals surface area contributed by atoms with Gasteiger partial charge in [-0.1, -0.05) is 41.7 Å². The predicted octanol–water partition coefficient (Wildman–Crippen LogP) is -0.690. The first-order valence-electron chi connectivity index (χ1n) is 5.19. The van der Waals surface area contributed by atoms with Gasteiger partial charge in [0.15, 0.2) is 11.5 Å². The molecule has 0 fully saturated rings. The molecule has 0 saturated carbocycles. The number of ketones is 1. The van der Waals surface area contributed by atoms with Gasteiger partial charge in [-0.15, -0.1) is 0 Å². The summed E-state index contributed by atoms with van der Waals surface area (Å²) in [5.41, 5.74) is 1.86. The minimum absolute atomic E-state index is 0. The van der Waals surface area contributed by atoms with E-state index in [1.54, 1.807) is 11.3 Å². The van der Waals surface area contributed by atoms with Crippen LogP contribution in [0.1, 0.15) is 21.1 Å². The van der Waals surface area contributed by atoms with Gasteiger partial charge in [0.2, 0.25) is 5.01 Å². The Labute approximate surface area is 116 Å². The number of aryl methyl sites for hydroxylation is 1. The number of halogens is 1. The fraction of sp³-hybridized carbons (Fsp3) is 0.231. The van der Waals surface area contributed by atoms with Crippen LogP contribution in [0.25, 0.3) is 0 Å². The van der Waals surface area contributed by atoms with E-state index in [4.69, 9.17) is 0 Å². The average molecular weight is 312 g/mol. The number of benzene rings is 1. The first-order chi connectivity index (χ1) is 7.68. The Bertz CT molecular complexity index is 507. The molecule has 0 radical (unpaired) electrons. The van der Waals surface area contributed by atoms with Gasteiger partial charge in [-0.25, -0.2) is 0 Å². The fourth-order valence-electron chi connectivity index (χ4n) is 1.56. The molecule has 1 aromatic heterocycles. The van der Waals surface area contributed by atoms with Gasteiger partial charge in [-0.2, -0.15) is 4.57 Å². The predicted molar refractivity (Wildman–Crippen MR) is 64.7 cm³/mol. The van der Waals surface area contributed by atoms with E-state index in [9.17, 15) is 4.79 Å². The summed E-state index contributed by atoms with van der Waals surface area (Å²) in [6, 6.07) is 9.44. The lowest BCUT2D eigenvalue weighted by molar-refractivity contribution is -0.679. The molecule has 2 nitrogen and oxygen atoms in total. The van der Waals surface area contributed by atoms with Crippen molar-refractivity contribution in [1.29, 1.82) is 0 Å². The van der Waals surface area contributed by atoms with E-state index in [2.05, 4.69) is 16.9 Å². The summed E-state index contributed by atoms with van der Waals surface area (Å²) in [6.07, 6.45) is 0.477. The highest BCUT2D eigenvalue weighted by atomic mass is 79.9. The lowest BCUT2D eigenvalue weighted by Crippen LogP contribution is -3.00. The van der Waals surface area contributed by atoms with Crippen molar-refractivity contribution in [3.8, 4) is 0 Å². The van der Waals surface area contributed by atoms with Crippen molar-refractivity contribution in [3.63, 3.8) is 0 Å². The molecular weight excluding hydrogens is 298 g/mol. The number of aromatic nitrogens is 1. The van der Waals surface area contributed by atoms with E-state index in [1.165, 1.54) is 5.01 Å². The van der Waals surface area contributed by atoms with Gasteiger partial charge in [0.05, 0.1) is 11.8 Å². The Kier molecular flexibility index (Phi) is 5.02. The van der Waals surface area contributed by atoms with Crippen LogP contribution in [-0.4, -0.2) is 5.78 Å². The van der Waals surface area contributed by atoms with E-state index < -0.39 is 0 Å². The maximum absolute atomic E-state index is 12.0. The quantitative estimate of drug-likeness (QED) is 0.543. The molecule has 1 aromatic carbocycles. The van der Waals surface area contributed by atoms with Gasteiger partial charge in [0.25, 0.3) is 0 Å². The molecule has 4 heteroatoms. The molecule has 0 aliphatic heterocycles. The molecule has 0 aliphatic rings. The zero-order chi connectivity index (χ0) is 11.5. The van der Waals surface area contributed by atoms with Crippen molar-refractivity contribution in [3.05, 3.63) is 52.0 Å². The highest BCUT2D eigenvalue weighted by Gasteiger charge is 2.16. The largest absolute Gasteiger partial charge is 1.00 e. The lowest BCUT2D eigenvalue weighted by atomic mass is 10.1. The number of rotatable bonds is 3. The Hall–Kier alpha value is -1.000. The van der Waals surface area contributed by atoms with Crippen molar-refractivity contribution in [2.45, 2.75) is 13.3 Å². The monoisotopic (exact) mass is 311 g/mol. The summed E-state index contributed by atoms with van der Waals surface area (Å²) in [6.45, 7) is 2.06. The molecular formula is C13H14BrNOS. The molecule has 90 valence electrons. The first-order valence-corrected chi connectivity index (χ1v) is 6.07. The third-order valence-electron chi connectivity index (χ3n) is 2.71. The number of thiazole rings is 1. The number of hydrogen-bond donors (Lipinski definition) is 0. The Morgan fingerprint density at radius 3 is 2.47 bits per heavy atom. The molecule has 0 amide bonds. The number of hydrogen-bond acceptors (Lipinski definition) is 2. The summed E-state index contributed by atoms with van der Waals surface area (Å²) < 4.78 is 2.07. The normalized spacial score (nSPS) is 9.76. The Morgan fingerprint density at radius 1 is 1.29 bits per heavy atom. The standard InChI is InChI=1S/C13H14NOS.BrH/c1-10-14(2)12(9-16-10)8-13(15)11-6-4-3-5-7-11;/h3-7,9H,8H2,1-2H3;1H/q+1;/p-1. The van der Waals surface area contributed by atoms with Crippen molar-refractivity contribution < 1.29 is 26.3 Å². The SMILES string of the molecule is Cc1scc(CC(=O)c2ccccc2)[n+]1C.[Br-]. The van der Waals surface area contributed by atoms with Crippen LogP contribution in [0.15, 0.2) is 35.7 Å². The number of Topliss-reactive ketones (excluding diaryl/α,β-unsaturated/α-hetero) is 1. The van der Waals surface area contributed by atoms with Crippen molar-refractivity contribution in [2.24, 2.45) is 7.05 Å². The van der Waals surface area contributed by atoms with E-state index in [-0.39, 0.29) is 22.8 Å². The molecule has 0 bridgehead atoms. The minimum atomic E-state index is 0. The van der Waals surface area contributed by atoms with Crippen LogP contribution < -0.4 is 21.5 Å². The summed E-state index contributed by atoms with van der Waals surface area (Å²) >= 11 is 1.68. The van der Waals surface area contributed by atoms with Crippen molar-refractivity contribution in [2.75, 3.05) is 0 Å². The molecule has 0 saturated heterocycles. The fourth-order valence-corrected chi connectivity index (χ4v) is 2.39. The van der Waals surface area contributed by atoms with Crippen LogP contribution in [0.5, 0.6) is 0 Å². The molecule has 1 heterocycles. The molecule has 17 heavy (non-hydrogen) atoms. The molecule has 0 unspecified atom stereocenters. The average Bonchev–Trinajstić information content (AvgIpc) is 2.62. The van der Waals surface area contributed by atoms with Gasteiger partial charge in [0.1, 0.15) is 7.05 Å². The first kappa shape index (κ1) is 14.1. The van der Waals surface area contributed by atoms with Crippen LogP contribution in [-0.2, 0) is 13.5 Å². The van der Waals surface area contributed by atoms with E-state index >= 15 is 0 Å². The number of carbonyl (C=O) groups excluding carboxylic acids is 1. The topological polar surface area (TPSA) is 20.9 Å². The van der Waals surface area contributed by atoms with Gasteiger partial charge < -0.3 is 17.0 Å². The summed E-state index contributed by atoms with van der Waals surface area (Å²) in [7, 11) is 2.00. The maximum Gasteiger partial charge on any atom is 0.234 e. The van der Waals surface area contributed by atoms with Crippen molar-refractivity contribution >= 4 is 17.1 Å². The highest BCUT2D eigenvalue weighted by Crippen LogP contribution is 2.09. The second kappa shape index (κ2) is 6.07. The third kappa shape index (κ3) is 3.23. The molecule has 2 rings (SSSR count). The summed E-state index contributed by atoms with van der Waals surface area (Å²) in [5, 5.41) is 3.27. The lowest BCUT2D eigenvalue weighted by Gasteiger charge is -1.97. The second-order valence-corrected chi connectivity index (χ2v) is 4.83. The van der Waals surface area contributed by atoms with E-state index in [1.807, 2.05) is 37.4 Å². The van der Waals surface area contributed by atoms with Gasteiger partial charge in [-0.3, -0.25) is 4.79 Å². The van der Waals surface area contributed by atoms with Gasteiger partial charge in [-0.05, 0) is 0 Å². The maximum atomic E-state index is 12.0. The zero-order valence-corrected chi connectivity index (χ0v) is 12.2. The molecule has 2 aromatic rings. The molecule has 0 N–H and O–H groups in total. The minimum Gasteiger partial charge on any atom is -1.00 e. The molecule has 0 spiro atoms. The van der Waals surface area contributed by atoms with Crippen LogP contribution in [0.2, 0.25) is 0 Å². The van der Waals surface area contributed by atoms with E-state index in [0.29, 0.717) is 6.42 Å².